The Morgan fingerprint density at radius 2 is 2.19 bits per heavy atom. The Labute approximate surface area is 124 Å². The van der Waals surface area contributed by atoms with E-state index in [0.717, 1.165) is 4.90 Å². The molecule has 0 saturated carbocycles. The van der Waals surface area contributed by atoms with Gasteiger partial charge in [-0.15, -0.1) is 0 Å². The SMILES string of the molecule is O=C(O)C1COCCN1C(=O)c1cccc(Cl)c1[N+](=O)[O-]. The molecule has 1 unspecified atom stereocenters. The van der Waals surface area contributed by atoms with Crippen molar-refractivity contribution in [1.82, 2.24) is 4.90 Å². The number of rotatable bonds is 3. The number of morpholine rings is 1. The van der Waals surface area contributed by atoms with Gasteiger partial charge in [-0.3, -0.25) is 14.9 Å². The van der Waals surface area contributed by atoms with Crippen LogP contribution in [0.2, 0.25) is 5.02 Å². The number of carboxylic acids is 1. The monoisotopic (exact) mass is 314 g/mol. The Morgan fingerprint density at radius 1 is 1.48 bits per heavy atom. The van der Waals surface area contributed by atoms with Crippen molar-refractivity contribution in [3.63, 3.8) is 0 Å². The number of carbonyl (C=O) groups excluding carboxylic acids is 1. The molecule has 0 aliphatic carbocycles. The average molecular weight is 315 g/mol. The standard InChI is InChI=1S/C12H11ClN2O6/c13-8-3-1-2-7(10(8)15(19)20)11(16)14-4-5-21-6-9(14)12(17)18/h1-3,9H,4-6H2,(H,17,18). The van der Waals surface area contributed by atoms with Gasteiger partial charge in [0.25, 0.3) is 5.91 Å². The van der Waals surface area contributed by atoms with Crippen molar-refractivity contribution >= 4 is 29.2 Å². The van der Waals surface area contributed by atoms with Crippen LogP contribution >= 0.6 is 11.6 Å². The number of amides is 1. The molecule has 1 heterocycles. The number of aliphatic carboxylic acids is 1. The third-order valence-corrected chi connectivity index (χ3v) is 3.38. The van der Waals surface area contributed by atoms with Gasteiger partial charge >= 0.3 is 11.7 Å². The fraction of sp³-hybridized carbons (Fsp3) is 0.333. The first kappa shape index (κ1) is 15.2. The van der Waals surface area contributed by atoms with E-state index < -0.39 is 28.5 Å². The lowest BCUT2D eigenvalue weighted by molar-refractivity contribution is -0.385. The van der Waals surface area contributed by atoms with Crippen molar-refractivity contribution in [3.05, 3.63) is 38.9 Å². The van der Waals surface area contributed by atoms with Gasteiger partial charge in [-0.05, 0) is 12.1 Å². The number of carbonyl (C=O) groups is 2. The molecule has 8 nitrogen and oxygen atoms in total. The van der Waals surface area contributed by atoms with E-state index in [-0.39, 0.29) is 30.3 Å². The Balaban J connectivity index is 2.42. The first-order valence-corrected chi connectivity index (χ1v) is 6.35. The molecule has 1 amide bonds. The summed E-state index contributed by atoms with van der Waals surface area (Å²) < 4.78 is 5.03. The lowest BCUT2D eigenvalue weighted by Crippen LogP contribution is -2.52. The third kappa shape index (κ3) is 2.96. The maximum absolute atomic E-state index is 12.4. The molecule has 1 aliphatic rings. The van der Waals surface area contributed by atoms with Crippen LogP contribution in [0.5, 0.6) is 0 Å². The number of hydrogen-bond acceptors (Lipinski definition) is 5. The number of para-hydroxylation sites is 1. The Hall–Kier alpha value is -2.19. The van der Waals surface area contributed by atoms with Gasteiger partial charge in [0.1, 0.15) is 10.6 Å². The number of carboxylic acid groups (broad SMARTS) is 1. The number of benzene rings is 1. The van der Waals surface area contributed by atoms with Crippen LogP contribution in [0.1, 0.15) is 10.4 Å². The first-order valence-electron chi connectivity index (χ1n) is 5.98. The van der Waals surface area contributed by atoms with Crippen molar-refractivity contribution in [1.29, 1.82) is 0 Å². The molecule has 1 fully saturated rings. The van der Waals surface area contributed by atoms with E-state index in [1.54, 1.807) is 0 Å². The van der Waals surface area contributed by atoms with Crippen LogP contribution in [-0.4, -0.2) is 52.6 Å². The van der Waals surface area contributed by atoms with Crippen LogP contribution in [0.4, 0.5) is 5.69 Å². The first-order chi connectivity index (χ1) is 9.93. The predicted molar refractivity (Wildman–Crippen MR) is 71.4 cm³/mol. The van der Waals surface area contributed by atoms with Gasteiger partial charge in [-0.25, -0.2) is 4.79 Å². The van der Waals surface area contributed by atoms with Crippen molar-refractivity contribution in [3.8, 4) is 0 Å². The number of nitro groups is 1. The summed E-state index contributed by atoms with van der Waals surface area (Å²) in [6, 6.07) is 2.77. The van der Waals surface area contributed by atoms with Gasteiger partial charge in [-0.1, -0.05) is 17.7 Å². The summed E-state index contributed by atoms with van der Waals surface area (Å²) in [6.45, 7) is 0.0544. The van der Waals surface area contributed by atoms with Crippen molar-refractivity contribution in [2.45, 2.75) is 6.04 Å². The summed E-state index contributed by atoms with van der Waals surface area (Å²) in [5, 5.41) is 20.0. The van der Waals surface area contributed by atoms with E-state index in [1.807, 2.05) is 0 Å². The molecule has 1 atom stereocenters. The molecular weight excluding hydrogens is 304 g/mol. The molecule has 9 heteroatoms. The van der Waals surface area contributed by atoms with E-state index in [0.29, 0.717) is 0 Å². The molecule has 1 N–H and O–H groups in total. The van der Waals surface area contributed by atoms with E-state index >= 15 is 0 Å². The van der Waals surface area contributed by atoms with Crippen molar-refractivity contribution in [2.24, 2.45) is 0 Å². The van der Waals surface area contributed by atoms with Gasteiger partial charge in [0, 0.05) is 6.54 Å². The van der Waals surface area contributed by atoms with Gasteiger partial charge in [0.2, 0.25) is 0 Å². The second kappa shape index (κ2) is 6.06. The number of nitro benzene ring substituents is 1. The minimum Gasteiger partial charge on any atom is -0.480 e. The van der Waals surface area contributed by atoms with Gasteiger partial charge in [0.15, 0.2) is 6.04 Å². The van der Waals surface area contributed by atoms with Crippen molar-refractivity contribution in [2.75, 3.05) is 19.8 Å². The molecule has 0 spiro atoms. The summed E-state index contributed by atoms with van der Waals surface area (Å²) >= 11 is 5.75. The average Bonchev–Trinajstić information content (AvgIpc) is 2.45. The third-order valence-electron chi connectivity index (χ3n) is 3.07. The largest absolute Gasteiger partial charge is 0.480 e. The van der Waals surface area contributed by atoms with Crippen LogP contribution in [0.25, 0.3) is 0 Å². The highest BCUT2D eigenvalue weighted by Gasteiger charge is 2.36. The number of nitrogens with zero attached hydrogens (tertiary/aromatic N) is 2. The number of ether oxygens (including phenoxy) is 1. The molecule has 21 heavy (non-hydrogen) atoms. The molecule has 0 aromatic heterocycles. The Kier molecular flexibility index (Phi) is 4.39. The topological polar surface area (TPSA) is 110 Å². The van der Waals surface area contributed by atoms with Crippen LogP contribution in [0.3, 0.4) is 0 Å². The molecule has 2 rings (SSSR count). The lowest BCUT2D eigenvalue weighted by atomic mass is 10.1. The highest BCUT2D eigenvalue weighted by Crippen LogP contribution is 2.29. The van der Waals surface area contributed by atoms with Crippen LogP contribution in [0, 0.1) is 10.1 Å². The normalized spacial score (nSPS) is 18.3. The summed E-state index contributed by atoms with van der Waals surface area (Å²) in [5.41, 5.74) is -0.763. The molecule has 1 aromatic carbocycles. The molecule has 1 saturated heterocycles. The fourth-order valence-electron chi connectivity index (χ4n) is 2.08. The number of hydrogen-bond donors (Lipinski definition) is 1. The molecular formula is C12H11ClN2O6. The lowest BCUT2D eigenvalue weighted by Gasteiger charge is -2.32. The quantitative estimate of drug-likeness (QED) is 0.662. The molecule has 112 valence electrons. The Bertz CT molecular complexity index is 605. The van der Waals surface area contributed by atoms with Gasteiger partial charge in [-0.2, -0.15) is 0 Å². The predicted octanol–water partition coefficient (Wildman–Crippen LogP) is 1.17. The summed E-state index contributed by atoms with van der Waals surface area (Å²) in [4.78, 5) is 34.9. The highest BCUT2D eigenvalue weighted by atomic mass is 35.5. The fourth-order valence-corrected chi connectivity index (χ4v) is 2.32. The molecule has 1 aliphatic heterocycles. The molecule has 1 aromatic rings. The second-order valence-corrected chi connectivity index (χ2v) is 4.73. The second-order valence-electron chi connectivity index (χ2n) is 4.32. The van der Waals surface area contributed by atoms with Crippen molar-refractivity contribution < 1.29 is 24.4 Å². The summed E-state index contributed by atoms with van der Waals surface area (Å²) in [6.07, 6.45) is 0. The maximum Gasteiger partial charge on any atom is 0.328 e. The maximum atomic E-state index is 12.4. The minimum absolute atomic E-state index is 0.0411. The van der Waals surface area contributed by atoms with Gasteiger partial charge in [0.05, 0.1) is 18.1 Å². The van der Waals surface area contributed by atoms with Crippen LogP contribution < -0.4 is 0 Å². The van der Waals surface area contributed by atoms with E-state index in [2.05, 4.69) is 0 Å². The molecule has 0 radical (unpaired) electrons. The van der Waals surface area contributed by atoms with E-state index in [4.69, 9.17) is 21.4 Å². The van der Waals surface area contributed by atoms with Gasteiger partial charge < -0.3 is 14.7 Å². The van der Waals surface area contributed by atoms with Crippen LogP contribution in [-0.2, 0) is 9.53 Å². The summed E-state index contributed by atoms with van der Waals surface area (Å²) in [7, 11) is 0. The zero-order valence-corrected chi connectivity index (χ0v) is 11.4. The minimum atomic E-state index is -1.23. The molecule has 0 bridgehead atoms. The zero-order chi connectivity index (χ0) is 15.6. The van der Waals surface area contributed by atoms with Crippen LogP contribution in [0.15, 0.2) is 18.2 Å². The van der Waals surface area contributed by atoms with E-state index in [1.165, 1.54) is 18.2 Å². The van der Waals surface area contributed by atoms with E-state index in [9.17, 15) is 19.7 Å². The highest BCUT2D eigenvalue weighted by molar-refractivity contribution is 6.33. The Morgan fingerprint density at radius 3 is 2.81 bits per heavy atom. The number of halogens is 1. The smallest absolute Gasteiger partial charge is 0.328 e. The summed E-state index contributed by atoms with van der Waals surface area (Å²) in [5.74, 6) is -1.98. The zero-order valence-electron chi connectivity index (χ0n) is 10.7.